The lowest BCUT2D eigenvalue weighted by molar-refractivity contribution is 0.669. The first-order valence-electron chi connectivity index (χ1n) is 18.2. The second-order valence-electron chi connectivity index (χ2n) is 13.9. The van der Waals surface area contributed by atoms with Crippen LogP contribution in [0.3, 0.4) is 0 Å². The summed E-state index contributed by atoms with van der Waals surface area (Å²) >= 11 is 0. The predicted octanol–water partition coefficient (Wildman–Crippen LogP) is 12.9. The van der Waals surface area contributed by atoms with Gasteiger partial charge < -0.3 is 13.6 Å². The van der Waals surface area contributed by atoms with E-state index in [4.69, 9.17) is 4.42 Å². The Labute approximate surface area is 315 Å². The van der Waals surface area contributed by atoms with Crippen LogP contribution in [0.2, 0.25) is 0 Å². The van der Waals surface area contributed by atoms with Crippen LogP contribution in [0.25, 0.3) is 99.2 Å². The van der Waals surface area contributed by atoms with Gasteiger partial charge in [-0.15, -0.1) is 0 Å². The third-order valence-corrected chi connectivity index (χ3v) is 11.0. The van der Waals surface area contributed by atoms with Gasteiger partial charge in [0, 0.05) is 38.4 Å². The molecular formula is C50H28N4O. The van der Waals surface area contributed by atoms with Gasteiger partial charge >= 0.3 is 0 Å². The Morgan fingerprint density at radius 2 is 0.964 bits per heavy atom. The Bertz CT molecular complexity index is 3350. The maximum atomic E-state index is 11.3. The maximum Gasteiger partial charge on any atom is 0.137 e. The van der Waals surface area contributed by atoms with E-state index in [-0.39, 0.29) is 0 Å². The normalized spacial score (nSPS) is 11.6. The maximum absolute atomic E-state index is 11.3. The molecule has 0 saturated carbocycles. The number of rotatable bonds is 4. The Balaban J connectivity index is 1.23. The number of furan rings is 1. The summed E-state index contributed by atoms with van der Waals surface area (Å²) in [5.74, 6) is 0. The molecule has 5 nitrogen and oxygen atoms in total. The van der Waals surface area contributed by atoms with E-state index in [1.54, 1.807) is 0 Å². The van der Waals surface area contributed by atoms with E-state index in [0.717, 1.165) is 87.8 Å². The number of aromatic nitrogens is 2. The van der Waals surface area contributed by atoms with Gasteiger partial charge in [-0.1, -0.05) is 109 Å². The standard InChI is InChI=1S/C50H28N4O/c51-29-35-21-24-46(53-43-17-9-7-15-36(43)40-27-41-37-16-8-10-18-48(37)55-49(41)28-47(40)53)42(30-52)50(35)54-44-22-19-33(31-11-3-1-4-12-31)25-38(44)39-26-34(20-23-45(39)54)32-13-5-2-6-14-32/h1-28H. The molecule has 0 fully saturated rings. The first kappa shape index (κ1) is 30.7. The van der Waals surface area contributed by atoms with Crippen LogP contribution in [0, 0.1) is 22.7 Å². The van der Waals surface area contributed by atoms with Crippen LogP contribution in [-0.2, 0) is 0 Å². The Kier molecular flexibility index (Phi) is 6.61. The second-order valence-corrected chi connectivity index (χ2v) is 13.9. The van der Waals surface area contributed by atoms with Crippen molar-refractivity contribution in [1.29, 1.82) is 10.5 Å². The number of nitriles is 2. The molecule has 0 atom stereocenters. The number of nitrogens with zero attached hydrogens (tertiary/aromatic N) is 4. The molecule has 0 aliphatic heterocycles. The Morgan fingerprint density at radius 1 is 0.382 bits per heavy atom. The quantitative estimate of drug-likeness (QED) is 0.183. The highest BCUT2D eigenvalue weighted by molar-refractivity contribution is 6.18. The number of hydrogen-bond donors (Lipinski definition) is 0. The molecule has 3 heterocycles. The van der Waals surface area contributed by atoms with Crippen LogP contribution in [-0.4, -0.2) is 9.13 Å². The van der Waals surface area contributed by atoms with Crippen molar-refractivity contribution in [2.24, 2.45) is 0 Å². The van der Waals surface area contributed by atoms with Crippen molar-refractivity contribution in [2.75, 3.05) is 0 Å². The van der Waals surface area contributed by atoms with Crippen molar-refractivity contribution in [3.05, 3.63) is 181 Å². The van der Waals surface area contributed by atoms with Gasteiger partial charge in [0.2, 0.25) is 0 Å². The van der Waals surface area contributed by atoms with Crippen molar-refractivity contribution in [3.63, 3.8) is 0 Å². The molecule has 0 N–H and O–H groups in total. The van der Waals surface area contributed by atoms with Crippen LogP contribution in [0.15, 0.2) is 174 Å². The average molecular weight is 701 g/mol. The van der Waals surface area contributed by atoms with Gasteiger partial charge in [-0.25, -0.2) is 0 Å². The topological polar surface area (TPSA) is 70.6 Å². The molecule has 0 bridgehead atoms. The first-order chi connectivity index (χ1) is 27.2. The van der Waals surface area contributed by atoms with Crippen molar-refractivity contribution < 1.29 is 4.42 Å². The molecule has 0 aliphatic carbocycles. The lowest BCUT2D eigenvalue weighted by Crippen LogP contribution is -2.06. The number of benzene rings is 8. The van der Waals surface area contributed by atoms with E-state index in [2.05, 4.69) is 112 Å². The summed E-state index contributed by atoms with van der Waals surface area (Å²) in [5, 5.41) is 28.3. The van der Waals surface area contributed by atoms with Crippen molar-refractivity contribution in [2.45, 2.75) is 0 Å². The summed E-state index contributed by atoms with van der Waals surface area (Å²) < 4.78 is 10.6. The minimum absolute atomic E-state index is 0.407. The molecule has 11 rings (SSSR count). The molecular weight excluding hydrogens is 673 g/mol. The molecule has 0 amide bonds. The van der Waals surface area contributed by atoms with E-state index < -0.39 is 0 Å². The monoisotopic (exact) mass is 700 g/mol. The van der Waals surface area contributed by atoms with Gasteiger partial charge in [-0.3, -0.25) is 0 Å². The van der Waals surface area contributed by atoms with E-state index in [9.17, 15) is 10.5 Å². The lowest BCUT2D eigenvalue weighted by Gasteiger charge is -2.17. The molecule has 3 aromatic heterocycles. The highest BCUT2D eigenvalue weighted by Gasteiger charge is 2.25. The average Bonchev–Trinajstić information content (AvgIpc) is 3.89. The highest BCUT2D eigenvalue weighted by atomic mass is 16.3. The SMILES string of the molecule is N#Cc1ccc(-n2c3ccccc3c3cc4c(cc32)oc2ccccc24)c(C#N)c1-n1c2ccc(-c3ccccc3)cc2c2cc(-c3ccccc3)ccc21. The summed E-state index contributed by atoms with van der Waals surface area (Å²) in [6.07, 6.45) is 0. The van der Waals surface area contributed by atoms with Gasteiger partial charge in [0.25, 0.3) is 0 Å². The molecule has 55 heavy (non-hydrogen) atoms. The zero-order valence-electron chi connectivity index (χ0n) is 29.4. The van der Waals surface area contributed by atoms with Gasteiger partial charge in [-0.05, 0) is 76.9 Å². The van der Waals surface area contributed by atoms with Gasteiger partial charge in [-0.2, -0.15) is 10.5 Å². The summed E-state index contributed by atoms with van der Waals surface area (Å²) in [6.45, 7) is 0. The molecule has 254 valence electrons. The summed E-state index contributed by atoms with van der Waals surface area (Å²) in [5.41, 5.74) is 11.8. The summed E-state index contributed by atoms with van der Waals surface area (Å²) in [7, 11) is 0. The van der Waals surface area contributed by atoms with Crippen LogP contribution >= 0.6 is 0 Å². The Hall–Kier alpha value is -7.86. The third-order valence-electron chi connectivity index (χ3n) is 11.0. The predicted molar refractivity (Wildman–Crippen MR) is 223 cm³/mol. The zero-order valence-corrected chi connectivity index (χ0v) is 29.4. The van der Waals surface area contributed by atoms with Crippen LogP contribution in [0.1, 0.15) is 11.1 Å². The fourth-order valence-corrected chi connectivity index (χ4v) is 8.53. The van der Waals surface area contributed by atoms with Crippen molar-refractivity contribution in [1.82, 2.24) is 9.13 Å². The molecule has 0 saturated heterocycles. The number of fused-ring (bicyclic) bond motifs is 9. The first-order valence-corrected chi connectivity index (χ1v) is 18.2. The smallest absolute Gasteiger partial charge is 0.137 e. The van der Waals surface area contributed by atoms with Crippen LogP contribution < -0.4 is 0 Å². The molecule has 0 spiro atoms. The minimum Gasteiger partial charge on any atom is -0.456 e. The molecule has 0 unspecified atom stereocenters. The van der Waals surface area contributed by atoms with Gasteiger partial charge in [0.05, 0.1) is 39.0 Å². The molecule has 0 radical (unpaired) electrons. The number of para-hydroxylation sites is 2. The van der Waals surface area contributed by atoms with Crippen LogP contribution in [0.5, 0.6) is 0 Å². The molecule has 0 aliphatic rings. The van der Waals surface area contributed by atoms with E-state index in [1.807, 2.05) is 78.9 Å². The summed E-state index contributed by atoms with van der Waals surface area (Å²) in [6, 6.07) is 63.1. The molecule has 5 heteroatoms. The van der Waals surface area contributed by atoms with Gasteiger partial charge in [0.1, 0.15) is 28.9 Å². The fraction of sp³-hybridized carbons (Fsp3) is 0. The van der Waals surface area contributed by atoms with E-state index in [0.29, 0.717) is 22.5 Å². The highest BCUT2D eigenvalue weighted by Crippen LogP contribution is 2.42. The molecule has 8 aromatic carbocycles. The summed E-state index contributed by atoms with van der Waals surface area (Å²) in [4.78, 5) is 0. The van der Waals surface area contributed by atoms with E-state index >= 15 is 0 Å². The largest absolute Gasteiger partial charge is 0.456 e. The fourth-order valence-electron chi connectivity index (χ4n) is 8.53. The van der Waals surface area contributed by atoms with Crippen molar-refractivity contribution >= 4 is 65.6 Å². The second kappa shape index (κ2) is 11.8. The molecule has 11 aromatic rings. The minimum atomic E-state index is 0.407. The van der Waals surface area contributed by atoms with E-state index in [1.165, 1.54) is 0 Å². The third kappa shape index (κ3) is 4.51. The Morgan fingerprint density at radius 3 is 1.62 bits per heavy atom. The van der Waals surface area contributed by atoms with Crippen molar-refractivity contribution in [3.8, 4) is 45.8 Å². The van der Waals surface area contributed by atoms with Gasteiger partial charge in [0.15, 0.2) is 0 Å². The van der Waals surface area contributed by atoms with Crippen LogP contribution in [0.4, 0.5) is 0 Å². The number of hydrogen-bond acceptors (Lipinski definition) is 3. The lowest BCUT2D eigenvalue weighted by atomic mass is 10.0. The zero-order chi connectivity index (χ0) is 36.6.